The number of H-pyrrole nitrogens is 1. The van der Waals surface area contributed by atoms with Crippen molar-refractivity contribution < 1.29 is 9.53 Å². The zero-order valence-corrected chi connectivity index (χ0v) is 11.1. The second kappa shape index (κ2) is 6.24. The molecule has 1 heterocycles. The van der Waals surface area contributed by atoms with Crippen LogP contribution in [0.3, 0.4) is 0 Å². The van der Waals surface area contributed by atoms with Crippen LogP contribution in [-0.2, 0) is 4.79 Å². The maximum absolute atomic E-state index is 11.7. The Hall–Kier alpha value is -2.01. The van der Waals surface area contributed by atoms with E-state index in [2.05, 4.69) is 15.5 Å². The third-order valence-electron chi connectivity index (χ3n) is 2.59. The largest absolute Gasteiger partial charge is 0.482 e. The number of carbonyl (C=O) groups excluding carboxylic acids is 1. The maximum Gasteiger partial charge on any atom is 0.258 e. The van der Waals surface area contributed by atoms with Crippen molar-refractivity contribution in [2.75, 3.05) is 6.61 Å². The summed E-state index contributed by atoms with van der Waals surface area (Å²) in [7, 11) is 0. The Labute approximate surface area is 115 Å². The number of aromatic nitrogens is 2. The van der Waals surface area contributed by atoms with Gasteiger partial charge in [-0.3, -0.25) is 9.89 Å². The highest BCUT2D eigenvalue weighted by atomic mass is 35.5. The van der Waals surface area contributed by atoms with E-state index in [1.54, 1.807) is 36.7 Å². The Kier molecular flexibility index (Phi) is 4.41. The second-order valence-electron chi connectivity index (χ2n) is 4.04. The van der Waals surface area contributed by atoms with Crippen LogP contribution in [0.25, 0.3) is 0 Å². The van der Waals surface area contributed by atoms with E-state index in [9.17, 15) is 4.79 Å². The standard InChI is InChI=1S/C13H14ClN3O2/c1-9(10-6-15-16-7-10)17-13(18)8-19-12-5-3-2-4-11(12)14/h2-7,9H,8H2,1H3,(H,15,16)(H,17,18). The van der Waals surface area contributed by atoms with E-state index in [4.69, 9.17) is 16.3 Å². The number of hydrogen-bond acceptors (Lipinski definition) is 3. The average Bonchev–Trinajstić information content (AvgIpc) is 2.91. The molecule has 19 heavy (non-hydrogen) atoms. The smallest absolute Gasteiger partial charge is 0.258 e. The molecule has 0 fully saturated rings. The van der Waals surface area contributed by atoms with Gasteiger partial charge >= 0.3 is 0 Å². The summed E-state index contributed by atoms with van der Waals surface area (Å²) in [5.74, 6) is 0.281. The number of aromatic amines is 1. The van der Waals surface area contributed by atoms with Crippen LogP contribution in [-0.4, -0.2) is 22.7 Å². The number of rotatable bonds is 5. The molecule has 5 nitrogen and oxygen atoms in total. The molecule has 0 saturated heterocycles. The normalized spacial score (nSPS) is 11.9. The number of carbonyl (C=O) groups is 1. The van der Waals surface area contributed by atoms with Crippen molar-refractivity contribution in [3.8, 4) is 5.75 Å². The number of ether oxygens (including phenoxy) is 1. The van der Waals surface area contributed by atoms with E-state index < -0.39 is 0 Å². The van der Waals surface area contributed by atoms with Crippen LogP contribution in [0, 0.1) is 0 Å². The lowest BCUT2D eigenvalue weighted by Gasteiger charge is -2.13. The highest BCUT2D eigenvalue weighted by Gasteiger charge is 2.11. The molecule has 6 heteroatoms. The van der Waals surface area contributed by atoms with E-state index in [1.807, 2.05) is 6.92 Å². The first-order valence-electron chi connectivity index (χ1n) is 5.82. The predicted molar refractivity (Wildman–Crippen MR) is 72.1 cm³/mol. The minimum atomic E-state index is -0.214. The first kappa shape index (κ1) is 13.4. The summed E-state index contributed by atoms with van der Waals surface area (Å²) in [5, 5.41) is 9.82. The lowest BCUT2D eigenvalue weighted by Crippen LogP contribution is -2.31. The van der Waals surface area contributed by atoms with Gasteiger partial charge in [0.1, 0.15) is 5.75 Å². The molecule has 1 aromatic carbocycles. The molecule has 2 N–H and O–H groups in total. The van der Waals surface area contributed by atoms with Gasteiger partial charge in [0.05, 0.1) is 17.3 Å². The van der Waals surface area contributed by atoms with Crippen molar-refractivity contribution in [1.29, 1.82) is 0 Å². The number of para-hydroxylation sites is 1. The molecule has 0 aliphatic rings. The number of nitrogens with one attached hydrogen (secondary N) is 2. The number of hydrogen-bond donors (Lipinski definition) is 2. The van der Waals surface area contributed by atoms with Crippen molar-refractivity contribution in [3.05, 3.63) is 47.2 Å². The molecule has 0 aliphatic carbocycles. The molecule has 2 aromatic rings. The van der Waals surface area contributed by atoms with Crippen LogP contribution in [0.2, 0.25) is 5.02 Å². The Morgan fingerprint density at radius 1 is 1.53 bits per heavy atom. The number of benzene rings is 1. The van der Waals surface area contributed by atoms with Gasteiger partial charge in [-0.1, -0.05) is 23.7 Å². The van der Waals surface area contributed by atoms with Crippen LogP contribution >= 0.6 is 11.6 Å². The first-order valence-corrected chi connectivity index (χ1v) is 6.20. The van der Waals surface area contributed by atoms with Gasteiger partial charge < -0.3 is 10.1 Å². The van der Waals surface area contributed by atoms with Gasteiger partial charge in [0.15, 0.2) is 6.61 Å². The van der Waals surface area contributed by atoms with E-state index in [0.717, 1.165) is 5.56 Å². The van der Waals surface area contributed by atoms with Crippen LogP contribution in [0.4, 0.5) is 0 Å². The van der Waals surface area contributed by atoms with E-state index >= 15 is 0 Å². The summed E-state index contributed by atoms with van der Waals surface area (Å²) in [5.41, 5.74) is 0.908. The van der Waals surface area contributed by atoms with Crippen LogP contribution in [0.15, 0.2) is 36.7 Å². The van der Waals surface area contributed by atoms with Gasteiger partial charge in [-0.25, -0.2) is 0 Å². The molecule has 1 atom stereocenters. The average molecular weight is 280 g/mol. The summed E-state index contributed by atoms with van der Waals surface area (Å²) in [4.78, 5) is 11.7. The Morgan fingerprint density at radius 3 is 3.00 bits per heavy atom. The summed E-state index contributed by atoms with van der Waals surface area (Å²) in [6, 6.07) is 6.91. The lowest BCUT2D eigenvalue weighted by atomic mass is 10.2. The van der Waals surface area contributed by atoms with Crippen molar-refractivity contribution in [2.45, 2.75) is 13.0 Å². The fourth-order valence-corrected chi connectivity index (χ4v) is 1.76. The molecule has 1 amide bonds. The summed E-state index contributed by atoms with van der Waals surface area (Å²) < 4.78 is 5.35. The second-order valence-corrected chi connectivity index (χ2v) is 4.45. The highest BCUT2D eigenvalue weighted by molar-refractivity contribution is 6.32. The van der Waals surface area contributed by atoms with Crippen molar-refractivity contribution >= 4 is 17.5 Å². The topological polar surface area (TPSA) is 67.0 Å². The van der Waals surface area contributed by atoms with Crippen molar-refractivity contribution in [2.24, 2.45) is 0 Å². The minimum absolute atomic E-state index is 0.0775. The number of nitrogens with zero attached hydrogens (tertiary/aromatic N) is 1. The van der Waals surface area contributed by atoms with Crippen LogP contribution in [0.1, 0.15) is 18.5 Å². The quantitative estimate of drug-likeness (QED) is 0.883. The monoisotopic (exact) mass is 279 g/mol. The third-order valence-corrected chi connectivity index (χ3v) is 2.90. The van der Waals surface area contributed by atoms with Crippen LogP contribution in [0.5, 0.6) is 5.75 Å². The molecule has 100 valence electrons. The minimum Gasteiger partial charge on any atom is -0.482 e. The van der Waals surface area contributed by atoms with E-state index in [-0.39, 0.29) is 18.6 Å². The number of amides is 1. The fourth-order valence-electron chi connectivity index (χ4n) is 1.57. The molecule has 0 spiro atoms. The Morgan fingerprint density at radius 2 is 2.32 bits per heavy atom. The highest BCUT2D eigenvalue weighted by Crippen LogP contribution is 2.22. The van der Waals surface area contributed by atoms with Gasteiger partial charge in [-0.2, -0.15) is 5.10 Å². The Bertz CT molecular complexity index is 543. The fraction of sp³-hybridized carbons (Fsp3) is 0.231. The molecule has 0 bridgehead atoms. The van der Waals surface area contributed by atoms with Gasteiger partial charge in [0.25, 0.3) is 5.91 Å². The lowest BCUT2D eigenvalue weighted by molar-refractivity contribution is -0.123. The van der Waals surface area contributed by atoms with E-state index in [1.165, 1.54) is 0 Å². The molecule has 1 unspecified atom stereocenters. The van der Waals surface area contributed by atoms with Crippen molar-refractivity contribution in [3.63, 3.8) is 0 Å². The van der Waals surface area contributed by atoms with Gasteiger partial charge in [-0.05, 0) is 19.1 Å². The first-order chi connectivity index (χ1) is 9.16. The zero-order chi connectivity index (χ0) is 13.7. The zero-order valence-electron chi connectivity index (χ0n) is 10.4. The maximum atomic E-state index is 11.7. The predicted octanol–water partition coefficient (Wildman–Crippen LogP) is 2.32. The molecule has 1 aromatic heterocycles. The molecular formula is C13H14ClN3O2. The summed E-state index contributed by atoms with van der Waals surface area (Å²) in [6.07, 6.45) is 3.40. The van der Waals surface area contributed by atoms with Gasteiger partial charge in [0, 0.05) is 11.8 Å². The van der Waals surface area contributed by atoms with Crippen molar-refractivity contribution in [1.82, 2.24) is 15.5 Å². The SMILES string of the molecule is CC(NC(=O)COc1ccccc1Cl)c1cn[nH]c1. The third kappa shape index (κ3) is 3.72. The van der Waals surface area contributed by atoms with Gasteiger partial charge in [0.2, 0.25) is 0 Å². The van der Waals surface area contributed by atoms with Gasteiger partial charge in [-0.15, -0.1) is 0 Å². The number of halogens is 1. The summed E-state index contributed by atoms with van der Waals surface area (Å²) >= 11 is 5.93. The summed E-state index contributed by atoms with van der Waals surface area (Å²) in [6.45, 7) is 1.80. The molecular weight excluding hydrogens is 266 g/mol. The molecule has 0 radical (unpaired) electrons. The van der Waals surface area contributed by atoms with Crippen LogP contribution < -0.4 is 10.1 Å². The molecule has 0 aliphatic heterocycles. The van der Waals surface area contributed by atoms with E-state index in [0.29, 0.717) is 10.8 Å². The Balaban J connectivity index is 1.84. The molecule has 0 saturated carbocycles. The molecule has 2 rings (SSSR count).